The highest BCUT2D eigenvalue weighted by molar-refractivity contribution is 5.98. The number of carbonyl (C=O) groups is 1. The first-order chi connectivity index (χ1) is 12.7. The van der Waals surface area contributed by atoms with Crippen molar-refractivity contribution in [3.8, 4) is 16.9 Å². The fourth-order valence-electron chi connectivity index (χ4n) is 3.00. The third-order valence-corrected chi connectivity index (χ3v) is 4.52. The summed E-state index contributed by atoms with van der Waals surface area (Å²) in [6.45, 7) is 6.35. The molecule has 1 unspecified atom stereocenters. The van der Waals surface area contributed by atoms with Gasteiger partial charge in [-0.1, -0.05) is 62.4 Å². The maximum Gasteiger partial charge on any atom is 0.342 e. The Morgan fingerprint density at radius 1 is 1.04 bits per heavy atom. The molecule has 0 aliphatic heterocycles. The lowest BCUT2D eigenvalue weighted by atomic mass is 9.97. The van der Waals surface area contributed by atoms with Crippen LogP contribution in [-0.2, 0) is 4.74 Å². The van der Waals surface area contributed by atoms with E-state index >= 15 is 0 Å². The molecule has 26 heavy (non-hydrogen) atoms. The van der Waals surface area contributed by atoms with Crippen molar-refractivity contribution in [2.24, 2.45) is 0 Å². The van der Waals surface area contributed by atoms with Crippen LogP contribution in [0.15, 0.2) is 60.7 Å². The zero-order valence-electron chi connectivity index (χ0n) is 15.5. The third kappa shape index (κ3) is 3.40. The predicted molar refractivity (Wildman–Crippen MR) is 104 cm³/mol. The van der Waals surface area contributed by atoms with Gasteiger partial charge in [0.25, 0.3) is 0 Å². The Bertz CT molecular complexity index is 870. The maximum absolute atomic E-state index is 12.8. The first kappa shape index (κ1) is 17.9. The molecule has 134 valence electrons. The Balaban J connectivity index is 2.32. The van der Waals surface area contributed by atoms with Gasteiger partial charge in [-0.15, -0.1) is 0 Å². The van der Waals surface area contributed by atoms with Gasteiger partial charge in [0.05, 0.1) is 23.7 Å². The second-order valence-corrected chi connectivity index (χ2v) is 6.25. The van der Waals surface area contributed by atoms with Crippen molar-refractivity contribution in [1.29, 1.82) is 0 Å². The predicted octanol–water partition coefficient (Wildman–Crippen LogP) is 5.23. The topological polar surface area (TPSA) is 44.1 Å². The summed E-state index contributed by atoms with van der Waals surface area (Å²) < 4.78 is 7.25. The summed E-state index contributed by atoms with van der Waals surface area (Å²) in [7, 11) is 0. The standard InChI is InChI=1S/C22H24N2O2/c1-4-16(3)20-19(22(25)26-5-2)21(17-12-8-6-9-13-17)24(23-20)18-14-10-7-11-15-18/h6-16H,4-5H2,1-3H3. The first-order valence-corrected chi connectivity index (χ1v) is 9.08. The highest BCUT2D eigenvalue weighted by atomic mass is 16.5. The summed E-state index contributed by atoms with van der Waals surface area (Å²) >= 11 is 0. The van der Waals surface area contributed by atoms with E-state index in [1.165, 1.54) is 0 Å². The molecule has 0 bridgehead atoms. The summed E-state index contributed by atoms with van der Waals surface area (Å²) in [6.07, 6.45) is 0.895. The Hall–Kier alpha value is -2.88. The van der Waals surface area contributed by atoms with Crippen LogP contribution in [0, 0.1) is 0 Å². The van der Waals surface area contributed by atoms with Crippen LogP contribution in [0.1, 0.15) is 49.2 Å². The number of rotatable bonds is 6. The van der Waals surface area contributed by atoms with Crippen LogP contribution >= 0.6 is 0 Å². The second kappa shape index (κ2) is 8.00. The molecule has 0 amide bonds. The Labute approximate surface area is 154 Å². The molecule has 4 nitrogen and oxygen atoms in total. The van der Waals surface area contributed by atoms with E-state index in [0.29, 0.717) is 12.2 Å². The Morgan fingerprint density at radius 3 is 2.23 bits per heavy atom. The second-order valence-electron chi connectivity index (χ2n) is 6.25. The van der Waals surface area contributed by atoms with Crippen LogP contribution in [0.3, 0.4) is 0 Å². The molecule has 4 heteroatoms. The minimum absolute atomic E-state index is 0.154. The van der Waals surface area contributed by atoms with Gasteiger partial charge in [0, 0.05) is 11.5 Å². The van der Waals surface area contributed by atoms with Crippen molar-refractivity contribution < 1.29 is 9.53 Å². The van der Waals surface area contributed by atoms with Gasteiger partial charge in [0.15, 0.2) is 0 Å². The largest absolute Gasteiger partial charge is 0.462 e. The van der Waals surface area contributed by atoms with Crippen LogP contribution in [0.2, 0.25) is 0 Å². The van der Waals surface area contributed by atoms with Crippen LogP contribution < -0.4 is 0 Å². The van der Waals surface area contributed by atoms with Crippen LogP contribution in [-0.4, -0.2) is 22.4 Å². The highest BCUT2D eigenvalue weighted by Gasteiger charge is 2.28. The van der Waals surface area contributed by atoms with Gasteiger partial charge < -0.3 is 4.74 Å². The number of aromatic nitrogens is 2. The number of nitrogens with zero attached hydrogens (tertiary/aromatic N) is 2. The Kier molecular flexibility index (Phi) is 5.52. The summed E-state index contributed by atoms with van der Waals surface area (Å²) in [5.74, 6) is -0.161. The molecule has 3 aromatic rings. The monoisotopic (exact) mass is 348 g/mol. The molecule has 0 N–H and O–H groups in total. The van der Waals surface area contributed by atoms with E-state index in [4.69, 9.17) is 9.84 Å². The van der Waals surface area contributed by atoms with Gasteiger partial charge in [0.2, 0.25) is 0 Å². The molecule has 0 aliphatic rings. The van der Waals surface area contributed by atoms with Crippen molar-refractivity contribution in [2.75, 3.05) is 6.61 Å². The number of esters is 1. The molecule has 1 heterocycles. The zero-order valence-corrected chi connectivity index (χ0v) is 15.5. The fraction of sp³-hybridized carbons (Fsp3) is 0.273. The van der Waals surface area contributed by atoms with E-state index in [0.717, 1.165) is 29.1 Å². The van der Waals surface area contributed by atoms with Gasteiger partial charge >= 0.3 is 5.97 Å². The van der Waals surface area contributed by atoms with Gasteiger partial charge in [0.1, 0.15) is 5.56 Å². The van der Waals surface area contributed by atoms with Gasteiger partial charge in [-0.3, -0.25) is 0 Å². The Morgan fingerprint density at radius 2 is 1.65 bits per heavy atom. The number of hydrogen-bond donors (Lipinski definition) is 0. The van der Waals surface area contributed by atoms with E-state index in [-0.39, 0.29) is 11.9 Å². The molecule has 0 aliphatic carbocycles. The van der Waals surface area contributed by atoms with Crippen molar-refractivity contribution in [3.05, 3.63) is 71.9 Å². The van der Waals surface area contributed by atoms with E-state index < -0.39 is 0 Å². The SMILES string of the molecule is CCOC(=O)c1c(C(C)CC)nn(-c2ccccc2)c1-c1ccccc1. The maximum atomic E-state index is 12.8. The van der Waals surface area contributed by atoms with Crippen LogP contribution in [0.4, 0.5) is 0 Å². The molecule has 0 fully saturated rings. The zero-order chi connectivity index (χ0) is 18.5. The number of benzene rings is 2. The lowest BCUT2D eigenvalue weighted by molar-refractivity contribution is 0.0525. The number of ether oxygens (including phenoxy) is 1. The summed E-state index contributed by atoms with van der Waals surface area (Å²) in [4.78, 5) is 12.8. The van der Waals surface area contributed by atoms with E-state index in [1.54, 1.807) is 0 Å². The molecule has 0 radical (unpaired) electrons. The molecular formula is C22H24N2O2. The number of hydrogen-bond acceptors (Lipinski definition) is 3. The average Bonchev–Trinajstić information content (AvgIpc) is 3.09. The third-order valence-electron chi connectivity index (χ3n) is 4.52. The van der Waals surface area contributed by atoms with Crippen molar-refractivity contribution in [2.45, 2.75) is 33.1 Å². The van der Waals surface area contributed by atoms with E-state index in [9.17, 15) is 4.79 Å². The van der Waals surface area contributed by atoms with Crippen LogP contribution in [0.5, 0.6) is 0 Å². The molecule has 2 aromatic carbocycles. The lowest BCUT2D eigenvalue weighted by Gasteiger charge is -2.10. The summed E-state index contributed by atoms with van der Waals surface area (Å²) in [5, 5.41) is 4.85. The number of para-hydroxylation sites is 1. The molecule has 1 aromatic heterocycles. The van der Waals surface area contributed by atoms with Gasteiger partial charge in [-0.05, 0) is 25.5 Å². The highest BCUT2D eigenvalue weighted by Crippen LogP contribution is 2.34. The number of carbonyl (C=O) groups excluding carboxylic acids is 1. The lowest BCUT2D eigenvalue weighted by Crippen LogP contribution is -2.10. The first-order valence-electron chi connectivity index (χ1n) is 9.08. The normalized spacial score (nSPS) is 12.0. The van der Waals surface area contributed by atoms with Crippen molar-refractivity contribution in [1.82, 2.24) is 9.78 Å². The molecular weight excluding hydrogens is 324 g/mol. The van der Waals surface area contributed by atoms with Crippen molar-refractivity contribution in [3.63, 3.8) is 0 Å². The minimum atomic E-state index is -0.316. The molecule has 3 rings (SSSR count). The van der Waals surface area contributed by atoms with Gasteiger partial charge in [-0.25, -0.2) is 9.48 Å². The molecule has 1 atom stereocenters. The quantitative estimate of drug-likeness (QED) is 0.573. The minimum Gasteiger partial charge on any atom is -0.462 e. The van der Waals surface area contributed by atoms with Crippen molar-refractivity contribution >= 4 is 5.97 Å². The van der Waals surface area contributed by atoms with Crippen LogP contribution in [0.25, 0.3) is 16.9 Å². The summed E-state index contributed by atoms with van der Waals surface area (Å²) in [6, 6.07) is 19.8. The smallest absolute Gasteiger partial charge is 0.342 e. The molecule has 0 saturated carbocycles. The van der Waals surface area contributed by atoms with Gasteiger partial charge in [-0.2, -0.15) is 5.10 Å². The summed E-state index contributed by atoms with van der Waals surface area (Å²) in [5.41, 5.74) is 4.00. The van der Waals surface area contributed by atoms with E-state index in [1.807, 2.05) is 72.3 Å². The molecule has 0 spiro atoms. The molecule has 0 saturated heterocycles. The fourth-order valence-corrected chi connectivity index (χ4v) is 3.00. The average molecular weight is 348 g/mol. The van der Waals surface area contributed by atoms with E-state index in [2.05, 4.69) is 13.8 Å².